The Morgan fingerprint density at radius 2 is 1.71 bits per heavy atom. The summed E-state index contributed by atoms with van der Waals surface area (Å²) in [6, 6.07) is 16.6. The first kappa shape index (κ1) is 22.4. The summed E-state index contributed by atoms with van der Waals surface area (Å²) in [5, 5.41) is 0. The van der Waals surface area contributed by atoms with Crippen LogP contribution < -0.4 is 5.73 Å². The summed E-state index contributed by atoms with van der Waals surface area (Å²) < 4.78 is 25.2. The standard InChI is InChI=1S/C21H26N2O3S.ClH/c1-2-12-27(25,26)20-11-7-6-10-18(20)21(24)23-14-17(13-22)19(15-23)16-8-4-3-5-9-16;/h3-11,17,19H,2,12-15,22H2,1H3;1H/t17-,19+;/m1./s1. The minimum Gasteiger partial charge on any atom is -0.338 e. The van der Waals surface area contributed by atoms with E-state index in [0.717, 1.165) is 5.56 Å². The van der Waals surface area contributed by atoms with E-state index in [1.807, 2.05) is 25.1 Å². The van der Waals surface area contributed by atoms with Crippen LogP contribution in [0.15, 0.2) is 59.5 Å². The van der Waals surface area contributed by atoms with Gasteiger partial charge in [-0.15, -0.1) is 12.4 Å². The maximum Gasteiger partial charge on any atom is 0.255 e. The van der Waals surface area contributed by atoms with Crippen LogP contribution in [0.5, 0.6) is 0 Å². The molecule has 0 unspecified atom stereocenters. The highest BCUT2D eigenvalue weighted by atomic mass is 35.5. The van der Waals surface area contributed by atoms with Crippen molar-refractivity contribution in [3.05, 3.63) is 65.7 Å². The lowest BCUT2D eigenvalue weighted by Crippen LogP contribution is -2.31. The van der Waals surface area contributed by atoms with Crippen molar-refractivity contribution in [3.8, 4) is 0 Å². The number of benzene rings is 2. The molecule has 152 valence electrons. The minimum absolute atomic E-state index is 0. The van der Waals surface area contributed by atoms with E-state index in [1.54, 1.807) is 23.1 Å². The van der Waals surface area contributed by atoms with Gasteiger partial charge in [0, 0.05) is 19.0 Å². The topological polar surface area (TPSA) is 80.5 Å². The average Bonchev–Trinajstić information content (AvgIpc) is 3.12. The van der Waals surface area contributed by atoms with Gasteiger partial charge in [-0.2, -0.15) is 0 Å². The summed E-state index contributed by atoms with van der Waals surface area (Å²) >= 11 is 0. The second-order valence-electron chi connectivity index (χ2n) is 7.04. The summed E-state index contributed by atoms with van der Waals surface area (Å²) in [5.74, 6) is 0.132. The van der Waals surface area contributed by atoms with Gasteiger partial charge in [0.2, 0.25) is 0 Å². The van der Waals surface area contributed by atoms with Crippen LogP contribution in [-0.2, 0) is 9.84 Å². The smallest absolute Gasteiger partial charge is 0.255 e. The number of likely N-dealkylation sites (tertiary alicyclic amines) is 1. The molecule has 0 bridgehead atoms. The second kappa shape index (κ2) is 9.54. The Bertz CT molecular complexity index is 903. The predicted molar refractivity (Wildman–Crippen MR) is 114 cm³/mol. The predicted octanol–water partition coefficient (Wildman–Crippen LogP) is 3.11. The molecule has 1 amide bonds. The molecule has 1 aliphatic rings. The number of carbonyl (C=O) groups excluding carboxylic acids is 1. The fourth-order valence-electron chi connectivity index (χ4n) is 3.82. The summed E-state index contributed by atoms with van der Waals surface area (Å²) in [7, 11) is -3.47. The molecule has 1 saturated heterocycles. The first-order valence-corrected chi connectivity index (χ1v) is 11.0. The number of halogens is 1. The molecule has 1 fully saturated rings. The van der Waals surface area contributed by atoms with Gasteiger partial charge >= 0.3 is 0 Å². The molecule has 1 heterocycles. The lowest BCUT2D eigenvalue weighted by molar-refractivity contribution is 0.0782. The highest BCUT2D eigenvalue weighted by Crippen LogP contribution is 2.33. The summed E-state index contributed by atoms with van der Waals surface area (Å²) in [6.07, 6.45) is 0.514. The molecule has 7 heteroatoms. The van der Waals surface area contributed by atoms with Gasteiger partial charge in [-0.1, -0.05) is 49.4 Å². The number of nitrogens with two attached hydrogens (primary N) is 1. The molecule has 0 spiro atoms. The zero-order chi connectivity index (χ0) is 19.4. The Kier molecular flexibility index (Phi) is 7.63. The largest absolute Gasteiger partial charge is 0.338 e. The molecular weight excluding hydrogens is 396 g/mol. The first-order valence-electron chi connectivity index (χ1n) is 9.34. The third kappa shape index (κ3) is 4.57. The van der Waals surface area contributed by atoms with Crippen LogP contribution in [0.25, 0.3) is 0 Å². The van der Waals surface area contributed by atoms with Gasteiger partial charge in [0.25, 0.3) is 5.91 Å². The number of carbonyl (C=O) groups is 1. The Balaban J connectivity index is 0.00000280. The molecule has 0 aromatic heterocycles. The number of amides is 1. The van der Waals surface area contributed by atoms with Crippen LogP contribution >= 0.6 is 12.4 Å². The van der Waals surface area contributed by atoms with E-state index < -0.39 is 9.84 Å². The molecule has 2 aromatic rings. The Hall–Kier alpha value is -1.89. The normalized spacial score (nSPS) is 19.3. The van der Waals surface area contributed by atoms with E-state index >= 15 is 0 Å². The van der Waals surface area contributed by atoms with Crippen molar-refractivity contribution in [1.29, 1.82) is 0 Å². The third-order valence-corrected chi connectivity index (χ3v) is 7.16. The van der Waals surface area contributed by atoms with Gasteiger partial charge in [0.05, 0.1) is 16.2 Å². The Morgan fingerprint density at radius 1 is 1.07 bits per heavy atom. The molecule has 1 aliphatic heterocycles. The van der Waals surface area contributed by atoms with E-state index in [4.69, 9.17) is 5.73 Å². The van der Waals surface area contributed by atoms with Crippen molar-refractivity contribution < 1.29 is 13.2 Å². The second-order valence-corrected chi connectivity index (χ2v) is 9.12. The van der Waals surface area contributed by atoms with Gasteiger partial charge in [-0.25, -0.2) is 8.42 Å². The number of hydrogen-bond acceptors (Lipinski definition) is 4. The van der Waals surface area contributed by atoms with Crippen LogP contribution in [0.2, 0.25) is 0 Å². The lowest BCUT2D eigenvalue weighted by Gasteiger charge is -2.18. The van der Waals surface area contributed by atoms with Crippen molar-refractivity contribution in [2.75, 3.05) is 25.4 Å². The van der Waals surface area contributed by atoms with Gasteiger partial charge in [0.1, 0.15) is 0 Å². The fourth-order valence-corrected chi connectivity index (χ4v) is 5.35. The maximum atomic E-state index is 13.2. The fraction of sp³-hybridized carbons (Fsp3) is 0.381. The molecule has 28 heavy (non-hydrogen) atoms. The number of sulfone groups is 1. The summed E-state index contributed by atoms with van der Waals surface area (Å²) in [6.45, 7) is 3.39. The Labute approximate surface area is 173 Å². The van der Waals surface area contributed by atoms with E-state index in [9.17, 15) is 13.2 Å². The molecule has 0 aliphatic carbocycles. The van der Waals surface area contributed by atoms with Crippen molar-refractivity contribution >= 4 is 28.2 Å². The molecule has 2 N–H and O–H groups in total. The zero-order valence-corrected chi connectivity index (χ0v) is 17.6. The average molecular weight is 423 g/mol. The van der Waals surface area contributed by atoms with Crippen LogP contribution in [0.4, 0.5) is 0 Å². The molecular formula is C21H27ClN2O3S. The molecule has 3 rings (SSSR count). The van der Waals surface area contributed by atoms with Gasteiger partial charge in [-0.05, 0) is 36.6 Å². The van der Waals surface area contributed by atoms with Crippen molar-refractivity contribution in [2.45, 2.75) is 24.2 Å². The molecule has 0 saturated carbocycles. The van der Waals surface area contributed by atoms with Crippen LogP contribution in [0.3, 0.4) is 0 Å². The number of nitrogens with zero attached hydrogens (tertiary/aromatic N) is 1. The summed E-state index contributed by atoms with van der Waals surface area (Å²) in [4.78, 5) is 15.1. The Morgan fingerprint density at radius 3 is 2.36 bits per heavy atom. The van der Waals surface area contributed by atoms with E-state index in [1.165, 1.54) is 6.07 Å². The van der Waals surface area contributed by atoms with Crippen LogP contribution in [-0.4, -0.2) is 44.6 Å². The quantitative estimate of drug-likeness (QED) is 0.775. The van der Waals surface area contributed by atoms with Gasteiger partial charge < -0.3 is 10.6 Å². The highest BCUT2D eigenvalue weighted by Gasteiger charge is 2.36. The van der Waals surface area contributed by atoms with Crippen molar-refractivity contribution in [1.82, 2.24) is 4.90 Å². The first-order chi connectivity index (χ1) is 13.0. The third-order valence-electron chi connectivity index (χ3n) is 5.18. The SMILES string of the molecule is CCCS(=O)(=O)c1ccccc1C(=O)N1C[C@@H](CN)[C@H](c2ccccc2)C1.Cl. The highest BCUT2D eigenvalue weighted by molar-refractivity contribution is 7.91. The van der Waals surface area contributed by atoms with Gasteiger partial charge in [-0.3, -0.25) is 4.79 Å². The van der Waals surface area contributed by atoms with Gasteiger partial charge in [0.15, 0.2) is 9.84 Å². The van der Waals surface area contributed by atoms with E-state index in [0.29, 0.717) is 26.1 Å². The molecule has 5 nitrogen and oxygen atoms in total. The molecule has 2 aromatic carbocycles. The zero-order valence-electron chi connectivity index (χ0n) is 16.0. The van der Waals surface area contributed by atoms with Crippen molar-refractivity contribution in [3.63, 3.8) is 0 Å². The molecule has 0 radical (unpaired) electrons. The van der Waals surface area contributed by atoms with Crippen LogP contribution in [0.1, 0.15) is 35.2 Å². The van der Waals surface area contributed by atoms with Crippen molar-refractivity contribution in [2.24, 2.45) is 11.7 Å². The number of rotatable bonds is 6. The van der Waals surface area contributed by atoms with E-state index in [-0.39, 0.29) is 46.4 Å². The monoisotopic (exact) mass is 422 g/mol. The van der Waals surface area contributed by atoms with E-state index in [2.05, 4.69) is 12.1 Å². The maximum absolute atomic E-state index is 13.2. The minimum atomic E-state index is -3.47. The molecule has 2 atom stereocenters. The summed E-state index contributed by atoms with van der Waals surface area (Å²) in [5.41, 5.74) is 7.39. The number of hydrogen-bond donors (Lipinski definition) is 1. The van der Waals surface area contributed by atoms with Crippen LogP contribution in [0, 0.1) is 5.92 Å². The lowest BCUT2D eigenvalue weighted by atomic mass is 9.89.